The molecule has 0 radical (unpaired) electrons. The normalized spacial score (nSPS) is 11.6. The third-order valence-electron chi connectivity index (χ3n) is 4.25. The van der Waals surface area contributed by atoms with E-state index in [1.807, 2.05) is 30.3 Å². The van der Waals surface area contributed by atoms with Crippen LogP contribution >= 0.6 is 0 Å². The van der Waals surface area contributed by atoms with E-state index in [1.54, 1.807) is 6.07 Å². The average Bonchev–Trinajstić information content (AvgIpc) is 2.65. The summed E-state index contributed by atoms with van der Waals surface area (Å²) in [6.07, 6.45) is 1.50. The molecule has 5 nitrogen and oxygen atoms in total. The first-order chi connectivity index (χ1) is 13.0. The summed E-state index contributed by atoms with van der Waals surface area (Å²) in [5.74, 6) is -1.37. The standard InChI is InChI=1S/C21H24FNO4/c1-27-19-10-7-16(14-18(19)22)8-11-20(24)23-17(9-12-21(25)26)13-15-5-3-2-4-6-15/h2-7,10,14,17H,8-9,11-13H2,1H3,(H,23,24)(H,25,26). The van der Waals surface area contributed by atoms with Crippen molar-refractivity contribution < 1.29 is 23.8 Å². The number of aryl methyl sites for hydroxylation is 1. The number of ether oxygens (including phenoxy) is 1. The number of rotatable bonds is 10. The van der Waals surface area contributed by atoms with Gasteiger partial charge in [0.2, 0.25) is 5.91 Å². The lowest BCUT2D eigenvalue weighted by Crippen LogP contribution is -2.37. The van der Waals surface area contributed by atoms with Crippen LogP contribution in [0.15, 0.2) is 48.5 Å². The molecule has 1 amide bonds. The molecule has 2 aromatic carbocycles. The van der Waals surface area contributed by atoms with Gasteiger partial charge < -0.3 is 15.2 Å². The molecule has 0 aliphatic carbocycles. The number of amides is 1. The monoisotopic (exact) mass is 373 g/mol. The molecule has 1 unspecified atom stereocenters. The second-order valence-corrected chi connectivity index (χ2v) is 6.36. The lowest BCUT2D eigenvalue weighted by atomic mass is 10.0. The highest BCUT2D eigenvalue weighted by atomic mass is 19.1. The van der Waals surface area contributed by atoms with E-state index < -0.39 is 11.8 Å². The van der Waals surface area contributed by atoms with E-state index in [0.717, 1.165) is 5.56 Å². The second-order valence-electron chi connectivity index (χ2n) is 6.36. The molecule has 2 rings (SSSR count). The molecule has 0 spiro atoms. The predicted molar refractivity (Wildman–Crippen MR) is 100 cm³/mol. The Kier molecular flexibility index (Phi) is 7.79. The molecular formula is C21H24FNO4. The summed E-state index contributed by atoms with van der Waals surface area (Å²) in [4.78, 5) is 23.2. The number of benzene rings is 2. The van der Waals surface area contributed by atoms with Crippen molar-refractivity contribution in [3.8, 4) is 5.75 Å². The second kappa shape index (κ2) is 10.3. The molecular weight excluding hydrogens is 349 g/mol. The molecule has 6 heteroatoms. The fourth-order valence-corrected chi connectivity index (χ4v) is 2.84. The van der Waals surface area contributed by atoms with E-state index in [4.69, 9.17) is 9.84 Å². The summed E-state index contributed by atoms with van der Waals surface area (Å²) in [7, 11) is 1.40. The maximum atomic E-state index is 13.7. The number of halogens is 1. The quantitative estimate of drug-likeness (QED) is 0.670. The Balaban J connectivity index is 1.91. The highest BCUT2D eigenvalue weighted by molar-refractivity contribution is 5.76. The van der Waals surface area contributed by atoms with E-state index in [9.17, 15) is 14.0 Å². The van der Waals surface area contributed by atoms with Crippen LogP contribution in [-0.2, 0) is 22.4 Å². The van der Waals surface area contributed by atoms with Gasteiger partial charge in [0.25, 0.3) is 0 Å². The van der Waals surface area contributed by atoms with Crippen molar-refractivity contribution in [1.82, 2.24) is 5.32 Å². The minimum Gasteiger partial charge on any atom is -0.494 e. The number of aliphatic carboxylic acids is 1. The number of methoxy groups -OCH3 is 1. The minimum atomic E-state index is -0.893. The van der Waals surface area contributed by atoms with Crippen LogP contribution in [0.25, 0.3) is 0 Å². The lowest BCUT2D eigenvalue weighted by molar-refractivity contribution is -0.137. The van der Waals surface area contributed by atoms with Crippen molar-refractivity contribution in [2.45, 2.75) is 38.1 Å². The van der Waals surface area contributed by atoms with E-state index in [2.05, 4.69) is 5.32 Å². The molecule has 2 aromatic rings. The maximum Gasteiger partial charge on any atom is 0.303 e. The number of nitrogens with one attached hydrogen (secondary N) is 1. The molecule has 0 aliphatic heterocycles. The number of carboxylic acid groups (broad SMARTS) is 1. The Morgan fingerprint density at radius 1 is 1.11 bits per heavy atom. The van der Waals surface area contributed by atoms with Gasteiger partial charge in [-0.1, -0.05) is 36.4 Å². The van der Waals surface area contributed by atoms with Crippen molar-refractivity contribution in [1.29, 1.82) is 0 Å². The first kappa shape index (κ1) is 20.4. The fourth-order valence-electron chi connectivity index (χ4n) is 2.84. The molecule has 1 atom stereocenters. The molecule has 0 aromatic heterocycles. The third kappa shape index (κ3) is 7.09. The van der Waals surface area contributed by atoms with Gasteiger partial charge in [-0.05, 0) is 42.5 Å². The smallest absolute Gasteiger partial charge is 0.303 e. The Labute approximate surface area is 158 Å². The number of carboxylic acids is 1. The zero-order valence-corrected chi connectivity index (χ0v) is 15.3. The molecule has 144 valence electrons. The Morgan fingerprint density at radius 3 is 2.48 bits per heavy atom. The third-order valence-corrected chi connectivity index (χ3v) is 4.25. The van der Waals surface area contributed by atoms with E-state index in [1.165, 1.54) is 19.2 Å². The SMILES string of the molecule is COc1ccc(CCC(=O)NC(CCC(=O)O)Cc2ccccc2)cc1F. The maximum absolute atomic E-state index is 13.7. The van der Waals surface area contributed by atoms with E-state index >= 15 is 0 Å². The predicted octanol–water partition coefficient (Wildman–Crippen LogP) is 3.36. The van der Waals surface area contributed by atoms with Crippen molar-refractivity contribution in [2.75, 3.05) is 7.11 Å². The number of hydrogen-bond acceptors (Lipinski definition) is 3. The summed E-state index contributed by atoms with van der Waals surface area (Å²) in [5.41, 5.74) is 1.74. The van der Waals surface area contributed by atoms with Crippen LogP contribution in [0.5, 0.6) is 5.75 Å². The number of carbonyl (C=O) groups excluding carboxylic acids is 1. The van der Waals surface area contributed by atoms with Gasteiger partial charge in [-0.3, -0.25) is 9.59 Å². The Bertz CT molecular complexity index is 764. The van der Waals surface area contributed by atoms with Gasteiger partial charge in [0.05, 0.1) is 7.11 Å². The van der Waals surface area contributed by atoms with Gasteiger partial charge in [0.15, 0.2) is 11.6 Å². The number of carbonyl (C=O) groups is 2. The first-order valence-corrected chi connectivity index (χ1v) is 8.85. The highest BCUT2D eigenvalue weighted by Gasteiger charge is 2.15. The highest BCUT2D eigenvalue weighted by Crippen LogP contribution is 2.18. The molecule has 0 saturated carbocycles. The van der Waals surface area contributed by atoms with Crippen LogP contribution in [0.1, 0.15) is 30.4 Å². The Hall–Kier alpha value is -2.89. The summed E-state index contributed by atoms with van der Waals surface area (Å²) >= 11 is 0. The lowest BCUT2D eigenvalue weighted by Gasteiger charge is -2.18. The molecule has 0 heterocycles. The van der Waals surface area contributed by atoms with Crippen LogP contribution < -0.4 is 10.1 Å². The summed E-state index contributed by atoms with van der Waals surface area (Å²) < 4.78 is 18.6. The van der Waals surface area contributed by atoms with Gasteiger partial charge in [-0.25, -0.2) is 4.39 Å². The molecule has 0 bridgehead atoms. The van der Waals surface area contributed by atoms with Crippen molar-refractivity contribution in [2.24, 2.45) is 0 Å². The average molecular weight is 373 g/mol. The number of hydrogen-bond donors (Lipinski definition) is 2. The zero-order valence-electron chi connectivity index (χ0n) is 15.3. The van der Waals surface area contributed by atoms with E-state index in [-0.39, 0.29) is 30.5 Å². The zero-order chi connectivity index (χ0) is 19.6. The fraction of sp³-hybridized carbons (Fsp3) is 0.333. The molecule has 0 fully saturated rings. The van der Waals surface area contributed by atoms with Crippen LogP contribution in [0.3, 0.4) is 0 Å². The Morgan fingerprint density at radius 2 is 1.85 bits per heavy atom. The molecule has 0 saturated heterocycles. The molecule has 2 N–H and O–H groups in total. The summed E-state index contributed by atoms with van der Waals surface area (Å²) in [5, 5.41) is 11.8. The van der Waals surface area contributed by atoms with E-state index in [0.29, 0.717) is 24.8 Å². The van der Waals surface area contributed by atoms with Crippen molar-refractivity contribution in [3.63, 3.8) is 0 Å². The topological polar surface area (TPSA) is 75.6 Å². The van der Waals surface area contributed by atoms with Crippen LogP contribution in [0.2, 0.25) is 0 Å². The first-order valence-electron chi connectivity index (χ1n) is 8.85. The van der Waals surface area contributed by atoms with Gasteiger partial charge in [0, 0.05) is 18.9 Å². The van der Waals surface area contributed by atoms with Crippen LogP contribution in [0.4, 0.5) is 4.39 Å². The van der Waals surface area contributed by atoms with Gasteiger partial charge >= 0.3 is 5.97 Å². The van der Waals surface area contributed by atoms with Gasteiger partial charge in [0.1, 0.15) is 0 Å². The van der Waals surface area contributed by atoms with Crippen LogP contribution in [0, 0.1) is 5.82 Å². The molecule has 27 heavy (non-hydrogen) atoms. The van der Waals surface area contributed by atoms with Crippen LogP contribution in [-0.4, -0.2) is 30.1 Å². The van der Waals surface area contributed by atoms with Crippen molar-refractivity contribution in [3.05, 3.63) is 65.5 Å². The largest absolute Gasteiger partial charge is 0.494 e. The summed E-state index contributed by atoms with van der Waals surface area (Å²) in [6.45, 7) is 0. The minimum absolute atomic E-state index is 0.0124. The summed E-state index contributed by atoms with van der Waals surface area (Å²) in [6, 6.07) is 14.0. The van der Waals surface area contributed by atoms with Crippen molar-refractivity contribution >= 4 is 11.9 Å². The van der Waals surface area contributed by atoms with Gasteiger partial charge in [-0.15, -0.1) is 0 Å². The van der Waals surface area contributed by atoms with Gasteiger partial charge in [-0.2, -0.15) is 0 Å². The molecule has 0 aliphatic rings.